The number of aliphatic carboxylic acids is 1. The fourth-order valence-electron chi connectivity index (χ4n) is 2.80. The van der Waals surface area contributed by atoms with Crippen molar-refractivity contribution in [2.24, 2.45) is 0 Å². The molecule has 0 bridgehead atoms. The van der Waals surface area contributed by atoms with Crippen molar-refractivity contribution in [1.82, 2.24) is 10.3 Å². The van der Waals surface area contributed by atoms with Gasteiger partial charge in [-0.25, -0.2) is 9.78 Å². The molecule has 0 radical (unpaired) electrons. The minimum atomic E-state index is -1.12. The summed E-state index contributed by atoms with van der Waals surface area (Å²) in [6.45, 7) is 0. The average Bonchev–Trinajstić information content (AvgIpc) is 3.20. The second kappa shape index (κ2) is 9.20. The van der Waals surface area contributed by atoms with Crippen molar-refractivity contribution in [1.29, 1.82) is 0 Å². The van der Waals surface area contributed by atoms with Gasteiger partial charge in [-0.05, 0) is 23.8 Å². The number of benzene rings is 2. The molecule has 0 saturated heterocycles. The first-order chi connectivity index (χ1) is 14.0. The summed E-state index contributed by atoms with van der Waals surface area (Å²) in [6.07, 6.45) is -0.0135. The summed E-state index contributed by atoms with van der Waals surface area (Å²) >= 11 is 1.40. The summed E-state index contributed by atoms with van der Waals surface area (Å²) in [4.78, 5) is 28.4. The number of hydrogen-bond acceptors (Lipinski definition) is 6. The number of carbonyl (C=O) groups excluding carboxylic acids is 1. The highest BCUT2D eigenvalue weighted by molar-refractivity contribution is 7.13. The minimum absolute atomic E-state index is 0.0135. The topological polar surface area (TPSA) is 97.8 Å². The Morgan fingerprint density at radius 1 is 1.10 bits per heavy atom. The third kappa shape index (κ3) is 4.91. The number of carboxylic acid groups (broad SMARTS) is 1. The molecular weight excluding hydrogens is 392 g/mol. The molecule has 1 heterocycles. The largest absolute Gasteiger partial charge is 0.493 e. The van der Waals surface area contributed by atoms with E-state index in [9.17, 15) is 14.7 Å². The highest BCUT2D eigenvalue weighted by Gasteiger charge is 2.22. The Labute approximate surface area is 171 Å². The third-order valence-corrected chi connectivity index (χ3v) is 5.15. The molecule has 2 N–H and O–H groups in total. The average molecular weight is 412 g/mol. The number of methoxy groups -OCH3 is 2. The van der Waals surface area contributed by atoms with Crippen LogP contribution in [0.3, 0.4) is 0 Å². The summed E-state index contributed by atoms with van der Waals surface area (Å²) < 4.78 is 10.5. The lowest BCUT2D eigenvalue weighted by atomic mass is 10.1. The van der Waals surface area contributed by atoms with Crippen molar-refractivity contribution in [2.75, 3.05) is 14.2 Å². The SMILES string of the molecule is COc1ccc(-c2nc(CC(=O)NC(C(=O)O)c3ccccc3)cs2)cc1OC. The lowest BCUT2D eigenvalue weighted by Gasteiger charge is -2.14. The van der Waals surface area contributed by atoms with Crippen LogP contribution in [-0.4, -0.2) is 36.2 Å². The molecule has 7 nitrogen and oxygen atoms in total. The van der Waals surface area contributed by atoms with Gasteiger partial charge in [0.15, 0.2) is 17.5 Å². The molecule has 1 aromatic heterocycles. The van der Waals surface area contributed by atoms with Crippen molar-refractivity contribution in [3.8, 4) is 22.1 Å². The second-order valence-electron chi connectivity index (χ2n) is 6.14. The number of nitrogens with one attached hydrogen (secondary N) is 1. The van der Waals surface area contributed by atoms with E-state index < -0.39 is 17.9 Å². The number of rotatable bonds is 8. The standard InChI is InChI=1S/C21H20N2O5S/c1-27-16-9-8-14(10-17(16)28-2)20-22-15(12-29-20)11-18(24)23-19(21(25)26)13-6-4-3-5-7-13/h3-10,12,19H,11H2,1-2H3,(H,23,24)(H,25,26). The van der Waals surface area contributed by atoms with Gasteiger partial charge in [-0.15, -0.1) is 11.3 Å². The Morgan fingerprint density at radius 3 is 2.48 bits per heavy atom. The van der Waals surface area contributed by atoms with Crippen LogP contribution in [0.25, 0.3) is 10.6 Å². The van der Waals surface area contributed by atoms with Crippen LogP contribution in [0.5, 0.6) is 11.5 Å². The number of carboxylic acids is 1. The Balaban J connectivity index is 1.71. The molecule has 0 saturated carbocycles. The Bertz CT molecular complexity index is 1000. The first-order valence-electron chi connectivity index (χ1n) is 8.75. The van der Waals surface area contributed by atoms with Gasteiger partial charge in [0.1, 0.15) is 5.01 Å². The molecule has 0 spiro atoms. The van der Waals surface area contributed by atoms with Gasteiger partial charge in [-0.1, -0.05) is 30.3 Å². The number of aromatic nitrogens is 1. The summed E-state index contributed by atoms with van der Waals surface area (Å²) in [5, 5.41) is 14.5. The van der Waals surface area contributed by atoms with Gasteiger partial charge in [0, 0.05) is 10.9 Å². The van der Waals surface area contributed by atoms with Gasteiger partial charge < -0.3 is 19.9 Å². The van der Waals surface area contributed by atoms with Gasteiger partial charge in [0.25, 0.3) is 0 Å². The van der Waals surface area contributed by atoms with Gasteiger partial charge in [0.2, 0.25) is 5.91 Å². The van der Waals surface area contributed by atoms with E-state index in [-0.39, 0.29) is 6.42 Å². The van der Waals surface area contributed by atoms with Crippen LogP contribution in [0.15, 0.2) is 53.9 Å². The molecule has 8 heteroatoms. The van der Waals surface area contributed by atoms with Crippen molar-refractivity contribution >= 4 is 23.2 Å². The molecule has 2 aromatic carbocycles. The molecule has 1 unspecified atom stereocenters. The van der Waals surface area contributed by atoms with E-state index in [1.807, 2.05) is 12.1 Å². The van der Waals surface area contributed by atoms with Crippen LogP contribution in [0.2, 0.25) is 0 Å². The van der Waals surface area contributed by atoms with Crippen molar-refractivity contribution < 1.29 is 24.2 Å². The summed E-state index contributed by atoms with van der Waals surface area (Å²) in [6, 6.07) is 12.9. The molecule has 1 atom stereocenters. The maximum atomic E-state index is 12.4. The zero-order valence-electron chi connectivity index (χ0n) is 15.9. The molecule has 150 valence electrons. The predicted molar refractivity (Wildman–Crippen MR) is 109 cm³/mol. The second-order valence-corrected chi connectivity index (χ2v) is 7.00. The number of nitrogens with zero attached hydrogens (tertiary/aromatic N) is 1. The Kier molecular flexibility index (Phi) is 6.46. The van der Waals surface area contributed by atoms with Crippen molar-refractivity contribution in [2.45, 2.75) is 12.5 Å². The van der Waals surface area contributed by atoms with E-state index in [0.717, 1.165) is 10.6 Å². The maximum absolute atomic E-state index is 12.4. The Hall–Kier alpha value is -3.39. The lowest BCUT2D eigenvalue weighted by molar-refractivity contribution is -0.142. The van der Waals surface area contributed by atoms with Crippen LogP contribution in [0.4, 0.5) is 0 Å². The lowest BCUT2D eigenvalue weighted by Crippen LogP contribution is -2.34. The van der Waals surface area contributed by atoms with E-state index in [1.54, 1.807) is 56.0 Å². The first kappa shape index (κ1) is 20.3. The molecule has 0 aliphatic rings. The number of amides is 1. The highest BCUT2D eigenvalue weighted by atomic mass is 32.1. The molecule has 3 aromatic rings. The molecule has 29 heavy (non-hydrogen) atoms. The Morgan fingerprint density at radius 2 is 1.83 bits per heavy atom. The van der Waals surface area contributed by atoms with Crippen LogP contribution in [-0.2, 0) is 16.0 Å². The van der Waals surface area contributed by atoms with E-state index in [4.69, 9.17) is 9.47 Å². The van der Waals surface area contributed by atoms with E-state index in [1.165, 1.54) is 11.3 Å². The number of carbonyl (C=O) groups is 2. The zero-order chi connectivity index (χ0) is 20.8. The predicted octanol–water partition coefficient (Wildman–Crippen LogP) is 3.31. The summed E-state index contributed by atoms with van der Waals surface area (Å²) in [5.74, 6) is -0.320. The third-order valence-electron chi connectivity index (χ3n) is 4.21. The minimum Gasteiger partial charge on any atom is -0.493 e. The molecule has 1 amide bonds. The van der Waals surface area contributed by atoms with E-state index in [0.29, 0.717) is 22.8 Å². The van der Waals surface area contributed by atoms with Gasteiger partial charge in [-0.3, -0.25) is 4.79 Å². The zero-order valence-corrected chi connectivity index (χ0v) is 16.7. The van der Waals surface area contributed by atoms with E-state index >= 15 is 0 Å². The number of ether oxygens (including phenoxy) is 2. The van der Waals surface area contributed by atoms with Crippen LogP contribution in [0, 0.1) is 0 Å². The smallest absolute Gasteiger partial charge is 0.330 e. The molecule has 3 rings (SSSR count). The van der Waals surface area contributed by atoms with Crippen LogP contribution < -0.4 is 14.8 Å². The molecule has 0 fully saturated rings. The summed E-state index contributed by atoms with van der Waals surface area (Å²) in [7, 11) is 3.13. The van der Waals surface area contributed by atoms with Gasteiger partial charge >= 0.3 is 5.97 Å². The van der Waals surface area contributed by atoms with Crippen molar-refractivity contribution in [3.05, 3.63) is 65.2 Å². The highest BCUT2D eigenvalue weighted by Crippen LogP contribution is 2.33. The molecular formula is C21H20N2O5S. The number of thiazole rings is 1. The monoisotopic (exact) mass is 412 g/mol. The van der Waals surface area contributed by atoms with E-state index in [2.05, 4.69) is 10.3 Å². The summed E-state index contributed by atoms with van der Waals surface area (Å²) in [5.41, 5.74) is 1.92. The first-order valence-corrected chi connectivity index (χ1v) is 9.63. The normalized spacial score (nSPS) is 11.5. The molecule has 0 aliphatic heterocycles. The fraction of sp³-hybridized carbons (Fsp3) is 0.190. The number of hydrogen-bond donors (Lipinski definition) is 2. The van der Waals surface area contributed by atoms with Gasteiger partial charge in [0.05, 0.1) is 26.3 Å². The van der Waals surface area contributed by atoms with Crippen LogP contribution in [0.1, 0.15) is 17.3 Å². The maximum Gasteiger partial charge on any atom is 0.330 e. The quantitative estimate of drug-likeness (QED) is 0.589. The van der Waals surface area contributed by atoms with Crippen LogP contribution >= 0.6 is 11.3 Å². The van der Waals surface area contributed by atoms with Crippen molar-refractivity contribution in [3.63, 3.8) is 0 Å². The fourth-order valence-corrected chi connectivity index (χ4v) is 3.62. The van der Waals surface area contributed by atoms with Gasteiger partial charge in [-0.2, -0.15) is 0 Å². The molecule has 0 aliphatic carbocycles.